The summed E-state index contributed by atoms with van der Waals surface area (Å²) in [7, 11) is 0. The lowest BCUT2D eigenvalue weighted by Crippen LogP contribution is -2.41. The van der Waals surface area contributed by atoms with Crippen molar-refractivity contribution >= 4 is 5.69 Å². The minimum Gasteiger partial charge on any atom is -0.398 e. The number of hydrogen-bond acceptors (Lipinski definition) is 3. The van der Waals surface area contributed by atoms with Crippen LogP contribution >= 0.6 is 0 Å². The Kier molecular flexibility index (Phi) is 3.87. The van der Waals surface area contributed by atoms with Crippen molar-refractivity contribution in [3.63, 3.8) is 0 Å². The maximum atomic E-state index is 13.6. The van der Waals surface area contributed by atoms with Crippen molar-refractivity contribution in [1.29, 1.82) is 0 Å². The first-order valence-corrected chi connectivity index (χ1v) is 6.20. The maximum Gasteiger partial charge on any atom is 0.433 e. The number of halogens is 4. The molecule has 0 saturated heterocycles. The first-order valence-electron chi connectivity index (χ1n) is 6.20. The Balaban J connectivity index is 2.57. The van der Waals surface area contributed by atoms with Crippen LogP contribution in [0.4, 0.5) is 23.2 Å². The van der Waals surface area contributed by atoms with Crippen LogP contribution in [0.3, 0.4) is 0 Å². The van der Waals surface area contributed by atoms with Gasteiger partial charge in [0.05, 0.1) is 6.61 Å². The van der Waals surface area contributed by atoms with Crippen molar-refractivity contribution in [3.8, 4) is 11.8 Å². The van der Waals surface area contributed by atoms with Crippen LogP contribution < -0.4 is 5.73 Å². The van der Waals surface area contributed by atoms with E-state index in [0.717, 1.165) is 6.07 Å². The van der Waals surface area contributed by atoms with E-state index in [0.29, 0.717) is 18.9 Å². The molecular formula is C14H13F4NO2. The summed E-state index contributed by atoms with van der Waals surface area (Å²) in [6, 6.07) is 1.33. The van der Waals surface area contributed by atoms with E-state index in [2.05, 4.69) is 5.92 Å². The first kappa shape index (κ1) is 15.6. The van der Waals surface area contributed by atoms with Gasteiger partial charge in [0.25, 0.3) is 0 Å². The molecule has 3 nitrogen and oxygen atoms in total. The zero-order valence-electron chi connectivity index (χ0n) is 10.8. The third kappa shape index (κ3) is 2.96. The van der Waals surface area contributed by atoms with Crippen molar-refractivity contribution in [2.75, 3.05) is 5.73 Å². The smallest absolute Gasteiger partial charge is 0.398 e. The molecule has 114 valence electrons. The van der Waals surface area contributed by atoms with Crippen molar-refractivity contribution in [2.24, 2.45) is 5.92 Å². The normalized spacial score (nSPS) is 17.8. The van der Waals surface area contributed by atoms with E-state index in [-0.39, 0.29) is 11.5 Å². The molecular weight excluding hydrogens is 290 g/mol. The number of hydrogen-bond donors (Lipinski definition) is 3. The molecule has 1 saturated carbocycles. The van der Waals surface area contributed by atoms with Crippen LogP contribution in [0.5, 0.6) is 0 Å². The Morgan fingerprint density at radius 2 is 1.90 bits per heavy atom. The van der Waals surface area contributed by atoms with Crippen LogP contribution in [0.1, 0.15) is 24.0 Å². The molecule has 2 rings (SSSR count). The highest BCUT2D eigenvalue weighted by molar-refractivity contribution is 5.56. The van der Waals surface area contributed by atoms with E-state index in [1.807, 2.05) is 0 Å². The monoisotopic (exact) mass is 303 g/mol. The van der Waals surface area contributed by atoms with E-state index >= 15 is 0 Å². The molecule has 0 aliphatic heterocycles. The summed E-state index contributed by atoms with van der Waals surface area (Å²) in [6.07, 6.45) is -3.78. The van der Waals surface area contributed by atoms with Crippen LogP contribution in [-0.4, -0.2) is 16.4 Å². The lowest BCUT2D eigenvalue weighted by molar-refractivity contribution is -0.240. The van der Waals surface area contributed by atoms with E-state index in [4.69, 9.17) is 10.8 Å². The fourth-order valence-corrected chi connectivity index (χ4v) is 1.80. The number of aliphatic hydroxyl groups is 2. The molecule has 1 aliphatic rings. The molecule has 0 amide bonds. The van der Waals surface area contributed by atoms with Gasteiger partial charge in [-0.2, -0.15) is 13.2 Å². The zero-order chi connectivity index (χ0) is 15.8. The van der Waals surface area contributed by atoms with Gasteiger partial charge < -0.3 is 15.9 Å². The van der Waals surface area contributed by atoms with Gasteiger partial charge in [-0.15, -0.1) is 0 Å². The van der Waals surface area contributed by atoms with Gasteiger partial charge in [0.15, 0.2) is 0 Å². The highest BCUT2D eigenvalue weighted by atomic mass is 19.4. The van der Waals surface area contributed by atoms with E-state index in [1.165, 1.54) is 0 Å². The molecule has 0 aromatic heterocycles. The molecule has 1 unspecified atom stereocenters. The summed E-state index contributed by atoms with van der Waals surface area (Å²) in [6.45, 7) is -0.714. The molecule has 0 radical (unpaired) electrons. The molecule has 4 N–H and O–H groups in total. The second-order valence-electron chi connectivity index (χ2n) is 4.94. The predicted molar refractivity (Wildman–Crippen MR) is 67.2 cm³/mol. The molecule has 0 heterocycles. The van der Waals surface area contributed by atoms with Crippen LogP contribution in [-0.2, 0) is 12.2 Å². The van der Waals surface area contributed by atoms with E-state index in [9.17, 15) is 22.7 Å². The fraction of sp³-hybridized carbons (Fsp3) is 0.429. The molecule has 21 heavy (non-hydrogen) atoms. The Morgan fingerprint density at radius 3 is 2.38 bits per heavy atom. The van der Waals surface area contributed by atoms with Crippen LogP contribution in [0.25, 0.3) is 0 Å². The average Bonchev–Trinajstić information content (AvgIpc) is 3.21. The van der Waals surface area contributed by atoms with Crippen molar-refractivity contribution < 1.29 is 27.8 Å². The number of rotatable bonds is 2. The third-order valence-corrected chi connectivity index (χ3v) is 3.22. The Morgan fingerprint density at radius 1 is 1.29 bits per heavy atom. The number of anilines is 1. The summed E-state index contributed by atoms with van der Waals surface area (Å²) < 4.78 is 53.1. The van der Waals surface area contributed by atoms with Crippen LogP contribution in [0, 0.1) is 23.6 Å². The molecule has 1 aromatic rings. The van der Waals surface area contributed by atoms with Gasteiger partial charge in [-0.05, 0) is 25.0 Å². The van der Waals surface area contributed by atoms with Gasteiger partial charge in [0.2, 0.25) is 5.60 Å². The number of nitrogens with two attached hydrogens (primary N) is 1. The average molecular weight is 303 g/mol. The molecule has 1 fully saturated rings. The van der Waals surface area contributed by atoms with E-state index in [1.54, 1.807) is 5.92 Å². The van der Waals surface area contributed by atoms with E-state index < -0.39 is 35.5 Å². The molecule has 1 atom stereocenters. The summed E-state index contributed by atoms with van der Waals surface area (Å²) in [5, 5.41) is 18.8. The second-order valence-corrected chi connectivity index (χ2v) is 4.94. The van der Waals surface area contributed by atoms with Gasteiger partial charge >= 0.3 is 6.18 Å². The SMILES string of the molecule is Nc1cc(CO)c(F)cc1C(O)(C#CC1CC1)C(F)(F)F. The minimum absolute atomic E-state index is 0.179. The summed E-state index contributed by atoms with van der Waals surface area (Å²) >= 11 is 0. The Hall–Kier alpha value is -1.78. The van der Waals surface area contributed by atoms with Gasteiger partial charge in [-0.25, -0.2) is 4.39 Å². The molecule has 0 bridgehead atoms. The number of aliphatic hydroxyl groups excluding tert-OH is 1. The fourth-order valence-electron chi connectivity index (χ4n) is 1.80. The quantitative estimate of drug-likeness (QED) is 0.445. The number of nitrogen functional groups attached to an aromatic ring is 1. The minimum atomic E-state index is -5.13. The lowest BCUT2D eigenvalue weighted by atomic mass is 9.90. The predicted octanol–water partition coefficient (Wildman–Crippen LogP) is 2.06. The molecule has 1 aliphatic carbocycles. The molecule has 7 heteroatoms. The highest BCUT2D eigenvalue weighted by Gasteiger charge is 2.55. The Labute approximate surface area is 118 Å². The van der Waals surface area contributed by atoms with Crippen molar-refractivity contribution in [2.45, 2.75) is 31.2 Å². The Bertz CT molecular complexity index is 614. The highest BCUT2D eigenvalue weighted by Crippen LogP contribution is 2.42. The third-order valence-electron chi connectivity index (χ3n) is 3.22. The van der Waals surface area contributed by atoms with Gasteiger partial charge in [0, 0.05) is 22.7 Å². The standard InChI is InChI=1S/C14H13F4NO2/c15-11-6-10(12(19)5-9(11)7-20)13(21,14(16,17)18)4-3-8-1-2-8/h5-6,8,20-21H,1-2,7,19H2. The van der Waals surface area contributed by atoms with Crippen LogP contribution in [0.2, 0.25) is 0 Å². The zero-order valence-corrected chi connectivity index (χ0v) is 10.8. The second kappa shape index (κ2) is 5.20. The summed E-state index contributed by atoms with van der Waals surface area (Å²) in [5.74, 6) is 2.86. The van der Waals surface area contributed by atoms with Gasteiger partial charge in [-0.1, -0.05) is 11.8 Å². The van der Waals surface area contributed by atoms with Gasteiger partial charge in [0.1, 0.15) is 5.82 Å². The summed E-state index contributed by atoms with van der Waals surface area (Å²) in [4.78, 5) is 0. The van der Waals surface area contributed by atoms with Crippen molar-refractivity contribution in [1.82, 2.24) is 0 Å². The van der Waals surface area contributed by atoms with Crippen molar-refractivity contribution in [3.05, 3.63) is 29.1 Å². The lowest BCUT2D eigenvalue weighted by Gasteiger charge is -2.27. The molecule has 0 spiro atoms. The molecule has 1 aromatic carbocycles. The van der Waals surface area contributed by atoms with Crippen LogP contribution in [0.15, 0.2) is 12.1 Å². The maximum absolute atomic E-state index is 13.6. The van der Waals surface area contributed by atoms with Gasteiger partial charge in [-0.3, -0.25) is 0 Å². The number of alkyl halides is 3. The largest absolute Gasteiger partial charge is 0.433 e. The topological polar surface area (TPSA) is 66.5 Å². The first-order chi connectivity index (χ1) is 9.69. The summed E-state index contributed by atoms with van der Waals surface area (Å²) in [5.41, 5.74) is 0.334. The number of benzene rings is 1.